The van der Waals surface area contributed by atoms with Crippen LogP contribution in [-0.2, 0) is 25.1 Å². The van der Waals surface area contributed by atoms with Crippen LogP contribution in [-0.4, -0.2) is 27.5 Å². The van der Waals surface area contributed by atoms with E-state index in [1.54, 1.807) is 6.07 Å². The van der Waals surface area contributed by atoms with Gasteiger partial charge in [0.15, 0.2) is 0 Å². The lowest BCUT2D eigenvalue weighted by Gasteiger charge is -2.03. The molecule has 0 radical (unpaired) electrons. The number of nitrogens with one attached hydrogen (secondary N) is 1. The average molecular weight is 312 g/mol. The molecule has 1 N–H and O–H groups in total. The van der Waals surface area contributed by atoms with Gasteiger partial charge in [-0.2, -0.15) is 0 Å². The van der Waals surface area contributed by atoms with E-state index in [9.17, 15) is 13.2 Å². The predicted octanol–water partition coefficient (Wildman–Crippen LogP) is 1.72. The van der Waals surface area contributed by atoms with Crippen molar-refractivity contribution in [2.45, 2.75) is 24.1 Å². The Balaban J connectivity index is 2.40. The maximum absolute atomic E-state index is 11.3. The standard InChI is InChI=1S/C10H14ClNO4S2/c1-2-5-16-7-9(13)12-6-8-3-4-10(17-8)18(11,14)15/h3-4H,2,5-7H2,1H3,(H,12,13). The Morgan fingerprint density at radius 1 is 1.50 bits per heavy atom. The molecule has 5 nitrogen and oxygen atoms in total. The van der Waals surface area contributed by atoms with Gasteiger partial charge in [-0.1, -0.05) is 6.92 Å². The highest BCUT2D eigenvalue weighted by Crippen LogP contribution is 2.24. The van der Waals surface area contributed by atoms with E-state index >= 15 is 0 Å². The Hall–Kier alpha value is -0.630. The maximum Gasteiger partial charge on any atom is 0.270 e. The number of carbonyl (C=O) groups is 1. The molecule has 0 saturated carbocycles. The molecular formula is C10H14ClNO4S2. The molecule has 0 aliphatic carbocycles. The van der Waals surface area contributed by atoms with Crippen molar-refractivity contribution in [3.63, 3.8) is 0 Å². The van der Waals surface area contributed by atoms with Crippen molar-refractivity contribution in [1.82, 2.24) is 5.32 Å². The Labute approximate surface area is 115 Å². The van der Waals surface area contributed by atoms with E-state index in [-0.39, 0.29) is 23.3 Å². The second kappa shape index (κ2) is 7.08. The van der Waals surface area contributed by atoms with Gasteiger partial charge < -0.3 is 10.1 Å². The Morgan fingerprint density at radius 3 is 2.78 bits per heavy atom. The van der Waals surface area contributed by atoms with Gasteiger partial charge in [0.1, 0.15) is 10.8 Å². The molecule has 18 heavy (non-hydrogen) atoms. The summed E-state index contributed by atoms with van der Waals surface area (Å²) in [5.74, 6) is -0.230. The van der Waals surface area contributed by atoms with Crippen LogP contribution in [0.25, 0.3) is 0 Å². The lowest BCUT2D eigenvalue weighted by atomic mass is 10.4. The second-order valence-electron chi connectivity index (χ2n) is 3.49. The zero-order valence-electron chi connectivity index (χ0n) is 9.81. The monoisotopic (exact) mass is 311 g/mol. The first-order valence-electron chi connectivity index (χ1n) is 5.31. The Bertz CT molecular complexity index is 498. The van der Waals surface area contributed by atoms with Crippen LogP contribution < -0.4 is 5.32 Å². The number of hydrogen-bond acceptors (Lipinski definition) is 5. The lowest BCUT2D eigenvalue weighted by Crippen LogP contribution is -2.26. The van der Waals surface area contributed by atoms with Crippen LogP contribution in [0.4, 0.5) is 0 Å². The van der Waals surface area contributed by atoms with Crippen molar-refractivity contribution < 1.29 is 17.9 Å². The van der Waals surface area contributed by atoms with Gasteiger partial charge in [0.25, 0.3) is 9.05 Å². The fraction of sp³-hybridized carbons (Fsp3) is 0.500. The van der Waals surface area contributed by atoms with E-state index in [1.165, 1.54) is 6.07 Å². The van der Waals surface area contributed by atoms with Crippen LogP contribution in [0.15, 0.2) is 16.3 Å². The third-order valence-electron chi connectivity index (χ3n) is 1.92. The van der Waals surface area contributed by atoms with Crippen molar-refractivity contribution in [2.24, 2.45) is 0 Å². The normalized spacial score (nSPS) is 11.4. The number of ether oxygens (including phenoxy) is 1. The summed E-state index contributed by atoms with van der Waals surface area (Å²) in [6.07, 6.45) is 0.856. The maximum atomic E-state index is 11.3. The molecule has 8 heteroatoms. The number of halogens is 1. The van der Waals surface area contributed by atoms with Gasteiger partial charge in [-0.3, -0.25) is 4.79 Å². The van der Waals surface area contributed by atoms with Gasteiger partial charge in [0.2, 0.25) is 5.91 Å². The molecule has 102 valence electrons. The lowest BCUT2D eigenvalue weighted by molar-refractivity contribution is -0.125. The molecular weight excluding hydrogens is 298 g/mol. The average Bonchev–Trinajstić information content (AvgIpc) is 2.75. The minimum Gasteiger partial charge on any atom is -0.372 e. The van der Waals surface area contributed by atoms with Crippen LogP contribution >= 0.6 is 22.0 Å². The van der Waals surface area contributed by atoms with Crippen LogP contribution in [0, 0.1) is 0 Å². The first kappa shape index (κ1) is 15.4. The summed E-state index contributed by atoms with van der Waals surface area (Å²) >= 11 is 1.03. The number of hydrogen-bond donors (Lipinski definition) is 1. The predicted molar refractivity (Wildman–Crippen MR) is 70.3 cm³/mol. The first-order valence-corrected chi connectivity index (χ1v) is 8.44. The smallest absolute Gasteiger partial charge is 0.270 e. The quantitative estimate of drug-likeness (QED) is 0.615. The van der Waals surface area contributed by atoms with Crippen LogP contribution in [0.1, 0.15) is 18.2 Å². The van der Waals surface area contributed by atoms with E-state index in [0.717, 1.165) is 22.6 Å². The molecule has 0 saturated heterocycles. The summed E-state index contributed by atoms with van der Waals surface area (Å²) in [5.41, 5.74) is 0. The van der Waals surface area contributed by atoms with E-state index < -0.39 is 9.05 Å². The summed E-state index contributed by atoms with van der Waals surface area (Å²) in [6, 6.07) is 3.04. The zero-order chi connectivity index (χ0) is 13.6. The Kier molecular flexibility index (Phi) is 6.07. The van der Waals surface area contributed by atoms with E-state index in [1.807, 2.05) is 6.92 Å². The third-order valence-corrected chi connectivity index (χ3v) is 5.10. The summed E-state index contributed by atoms with van der Waals surface area (Å²) in [5, 5.41) is 2.63. The second-order valence-corrected chi connectivity index (χ2v) is 7.45. The topological polar surface area (TPSA) is 72.5 Å². The molecule has 1 aromatic rings. The summed E-state index contributed by atoms with van der Waals surface area (Å²) in [7, 11) is 1.51. The van der Waals surface area contributed by atoms with Gasteiger partial charge in [-0.05, 0) is 18.6 Å². The van der Waals surface area contributed by atoms with Crippen LogP contribution in [0.3, 0.4) is 0 Å². The minimum atomic E-state index is -3.68. The number of thiophene rings is 1. The van der Waals surface area contributed by atoms with Gasteiger partial charge >= 0.3 is 0 Å². The van der Waals surface area contributed by atoms with E-state index in [4.69, 9.17) is 15.4 Å². The molecule has 0 atom stereocenters. The summed E-state index contributed by atoms with van der Waals surface area (Å²) in [4.78, 5) is 12.0. The molecule has 0 unspecified atom stereocenters. The molecule has 0 aliphatic heterocycles. The van der Waals surface area contributed by atoms with Crippen molar-refractivity contribution in [3.05, 3.63) is 17.0 Å². The number of rotatable bonds is 7. The largest absolute Gasteiger partial charge is 0.372 e. The fourth-order valence-electron chi connectivity index (χ4n) is 1.13. The van der Waals surface area contributed by atoms with Crippen LogP contribution in [0.5, 0.6) is 0 Å². The third kappa shape index (κ3) is 5.34. The minimum absolute atomic E-state index is 0.0138. The molecule has 1 heterocycles. The van der Waals surface area contributed by atoms with Crippen molar-refractivity contribution in [3.8, 4) is 0 Å². The molecule has 0 fully saturated rings. The Morgan fingerprint density at radius 2 is 2.22 bits per heavy atom. The fourth-order valence-corrected chi connectivity index (χ4v) is 3.19. The summed E-state index contributed by atoms with van der Waals surface area (Å²) in [6.45, 7) is 2.78. The molecule has 0 spiro atoms. The summed E-state index contributed by atoms with van der Waals surface area (Å²) < 4.78 is 27.2. The molecule has 1 rings (SSSR count). The molecule has 0 aliphatic rings. The highest BCUT2D eigenvalue weighted by Gasteiger charge is 2.13. The van der Waals surface area contributed by atoms with Crippen molar-refractivity contribution in [2.75, 3.05) is 13.2 Å². The SMILES string of the molecule is CCCOCC(=O)NCc1ccc(S(=O)(=O)Cl)s1. The highest BCUT2D eigenvalue weighted by atomic mass is 35.7. The molecule has 1 aromatic heterocycles. The van der Waals surface area contributed by atoms with E-state index in [2.05, 4.69) is 5.32 Å². The first-order chi connectivity index (χ1) is 8.43. The van der Waals surface area contributed by atoms with E-state index in [0.29, 0.717) is 6.61 Å². The zero-order valence-corrected chi connectivity index (χ0v) is 12.2. The highest BCUT2D eigenvalue weighted by molar-refractivity contribution is 8.15. The van der Waals surface area contributed by atoms with Crippen molar-refractivity contribution >= 4 is 37.0 Å². The number of carbonyl (C=O) groups excluding carboxylic acids is 1. The number of amides is 1. The van der Waals surface area contributed by atoms with Gasteiger partial charge in [-0.15, -0.1) is 11.3 Å². The van der Waals surface area contributed by atoms with Gasteiger partial charge in [0, 0.05) is 22.2 Å². The molecule has 0 aromatic carbocycles. The van der Waals surface area contributed by atoms with Gasteiger partial charge in [-0.25, -0.2) is 8.42 Å². The van der Waals surface area contributed by atoms with Gasteiger partial charge in [0.05, 0.1) is 6.54 Å². The molecule has 0 bridgehead atoms. The van der Waals surface area contributed by atoms with Crippen LogP contribution in [0.2, 0.25) is 0 Å². The molecule has 1 amide bonds. The van der Waals surface area contributed by atoms with Crippen molar-refractivity contribution in [1.29, 1.82) is 0 Å².